The second-order valence-electron chi connectivity index (χ2n) is 5.79. The third-order valence-electron chi connectivity index (χ3n) is 2.31. The Labute approximate surface area is 85.0 Å². The summed E-state index contributed by atoms with van der Waals surface area (Å²) in [5, 5.41) is 0. The lowest BCUT2D eigenvalue weighted by Gasteiger charge is -2.29. The number of likely N-dealkylation sites (N-methyl/N-ethyl adjacent to an activating group) is 1. The minimum absolute atomic E-state index is 0.816. The van der Waals surface area contributed by atoms with Crippen molar-refractivity contribution in [3.05, 3.63) is 12.7 Å². The molecule has 0 fully saturated rings. The Kier molecular flexibility index (Phi) is 4.93. The maximum atomic E-state index is 3.80. The lowest BCUT2D eigenvalue weighted by molar-refractivity contribution is -0.884. The van der Waals surface area contributed by atoms with E-state index in [1.54, 1.807) is 0 Å². The number of hydrogen-bond donors (Lipinski definition) is 0. The van der Waals surface area contributed by atoms with E-state index in [0.29, 0.717) is 0 Å². The molecule has 0 aromatic rings. The molecule has 0 aromatic carbocycles. The van der Waals surface area contributed by atoms with Gasteiger partial charge in [0.2, 0.25) is 0 Å². The summed E-state index contributed by atoms with van der Waals surface area (Å²) in [4.78, 5) is 0. The van der Waals surface area contributed by atoms with E-state index in [4.69, 9.17) is 0 Å². The average molecular weight is 200 g/mol. The van der Waals surface area contributed by atoms with E-state index in [-0.39, 0.29) is 0 Å². The Bertz CT molecular complexity index is 156. The van der Waals surface area contributed by atoms with Crippen LogP contribution >= 0.6 is 0 Å². The van der Waals surface area contributed by atoms with Gasteiger partial charge in [-0.25, -0.2) is 0 Å². The highest BCUT2D eigenvalue weighted by Gasteiger charge is 2.17. The Hall–Kier alpha value is -0.0831. The quantitative estimate of drug-likeness (QED) is 0.351. The van der Waals surface area contributed by atoms with Gasteiger partial charge in [0.15, 0.2) is 0 Å². The van der Waals surface area contributed by atoms with Crippen molar-refractivity contribution in [2.24, 2.45) is 0 Å². The molecule has 0 heterocycles. The molecule has 0 atom stereocenters. The molecule has 0 aliphatic heterocycles. The van der Waals surface area contributed by atoms with Crippen molar-refractivity contribution in [2.45, 2.75) is 32.1 Å². The van der Waals surface area contributed by atoms with Crippen LogP contribution in [0.3, 0.4) is 0 Å². The molecule has 0 aliphatic rings. The Morgan fingerprint density at radius 1 is 1.23 bits per heavy atom. The minimum atomic E-state index is -0.816. The predicted octanol–water partition coefficient (Wildman–Crippen LogP) is 2.98. The van der Waals surface area contributed by atoms with E-state index < -0.39 is 8.07 Å². The van der Waals surface area contributed by atoms with Crippen molar-refractivity contribution >= 4 is 8.07 Å². The predicted molar refractivity (Wildman–Crippen MR) is 64.8 cm³/mol. The topological polar surface area (TPSA) is 0 Å². The Morgan fingerprint density at radius 2 is 1.77 bits per heavy atom. The van der Waals surface area contributed by atoms with Crippen LogP contribution in [0.25, 0.3) is 0 Å². The second kappa shape index (κ2) is 4.96. The van der Waals surface area contributed by atoms with Gasteiger partial charge in [0, 0.05) is 8.07 Å². The third-order valence-corrected chi connectivity index (χ3v) is 4.17. The van der Waals surface area contributed by atoms with E-state index in [1.165, 1.54) is 19.0 Å². The largest absolute Gasteiger partial charge is 0.325 e. The molecule has 0 rings (SSSR count). The summed E-state index contributed by atoms with van der Waals surface area (Å²) >= 11 is 0. The van der Waals surface area contributed by atoms with E-state index in [9.17, 15) is 0 Å². The zero-order valence-electron chi connectivity index (χ0n) is 10.1. The molecule has 0 bridgehead atoms. The number of nitrogens with zero attached hydrogens (tertiary/aromatic N) is 1. The average Bonchev–Trinajstić information content (AvgIpc) is 1.82. The van der Waals surface area contributed by atoms with Gasteiger partial charge in [0.1, 0.15) is 0 Å². The van der Waals surface area contributed by atoms with Crippen LogP contribution in [0.5, 0.6) is 0 Å². The Balaban J connectivity index is 3.69. The van der Waals surface area contributed by atoms with Gasteiger partial charge in [-0.15, -0.1) is 0 Å². The number of rotatable bonds is 6. The van der Waals surface area contributed by atoms with Gasteiger partial charge >= 0.3 is 0 Å². The molecule has 0 aromatic heterocycles. The third kappa shape index (κ3) is 8.25. The minimum Gasteiger partial charge on any atom is -0.325 e. The fraction of sp³-hybridized carbons (Fsp3) is 0.818. The molecule has 1 nitrogen and oxygen atoms in total. The first-order valence-electron chi connectivity index (χ1n) is 5.20. The second-order valence-corrected chi connectivity index (χ2v) is 11.4. The lowest BCUT2D eigenvalue weighted by atomic mass is 10.3. The van der Waals surface area contributed by atoms with Crippen LogP contribution in [0.2, 0.25) is 25.7 Å². The summed E-state index contributed by atoms with van der Waals surface area (Å²) in [6.07, 6.45) is 3.39. The standard InChI is InChI=1S/C11H26NSi/c1-7-9-12(2,3)10-8-11-13(4,5)6/h7H,1,8-11H2,2-6H3/q+1. The molecule has 13 heavy (non-hydrogen) atoms. The van der Waals surface area contributed by atoms with Crippen molar-refractivity contribution in [1.82, 2.24) is 0 Å². The van der Waals surface area contributed by atoms with Crippen molar-refractivity contribution < 1.29 is 4.48 Å². The van der Waals surface area contributed by atoms with Gasteiger partial charge < -0.3 is 4.48 Å². The number of quaternary nitrogens is 1. The number of hydrogen-bond acceptors (Lipinski definition) is 0. The van der Waals surface area contributed by atoms with Crippen molar-refractivity contribution in [1.29, 1.82) is 0 Å². The van der Waals surface area contributed by atoms with Crippen LogP contribution in [0.4, 0.5) is 0 Å². The summed E-state index contributed by atoms with van der Waals surface area (Å²) in [5.41, 5.74) is 0. The van der Waals surface area contributed by atoms with E-state index in [0.717, 1.165) is 11.0 Å². The highest BCUT2D eigenvalue weighted by molar-refractivity contribution is 6.76. The van der Waals surface area contributed by atoms with Crippen LogP contribution in [0.1, 0.15) is 6.42 Å². The zero-order chi connectivity index (χ0) is 10.5. The fourth-order valence-corrected chi connectivity index (χ4v) is 2.70. The molecule has 2 heteroatoms. The van der Waals surface area contributed by atoms with E-state index >= 15 is 0 Å². The summed E-state index contributed by atoms with van der Waals surface area (Å²) in [5.74, 6) is 0. The molecule has 0 radical (unpaired) electrons. The summed E-state index contributed by atoms with van der Waals surface area (Å²) in [6.45, 7) is 13.5. The van der Waals surface area contributed by atoms with Crippen molar-refractivity contribution in [3.8, 4) is 0 Å². The molecule has 78 valence electrons. The molecule has 0 spiro atoms. The summed E-state index contributed by atoms with van der Waals surface area (Å²) in [7, 11) is 3.75. The first kappa shape index (κ1) is 12.9. The van der Waals surface area contributed by atoms with Gasteiger partial charge in [-0.05, 0) is 12.5 Å². The first-order chi connectivity index (χ1) is 5.77. The molecule has 0 amide bonds. The normalized spacial score (nSPS) is 13.0. The fourth-order valence-electron chi connectivity index (χ4n) is 1.48. The van der Waals surface area contributed by atoms with Crippen LogP contribution in [0.15, 0.2) is 12.7 Å². The van der Waals surface area contributed by atoms with E-state index in [2.05, 4.69) is 40.3 Å². The molecular formula is C11H26NSi+. The monoisotopic (exact) mass is 200 g/mol. The highest BCUT2D eigenvalue weighted by Crippen LogP contribution is 2.12. The molecule has 0 saturated heterocycles. The SMILES string of the molecule is C=CC[N+](C)(C)CCC[Si](C)(C)C. The van der Waals surface area contributed by atoms with Gasteiger partial charge in [-0.3, -0.25) is 0 Å². The summed E-state index contributed by atoms with van der Waals surface area (Å²) in [6, 6.07) is 1.45. The highest BCUT2D eigenvalue weighted by atomic mass is 28.3. The van der Waals surface area contributed by atoms with Gasteiger partial charge in [0.25, 0.3) is 0 Å². The van der Waals surface area contributed by atoms with E-state index in [1.807, 2.05) is 6.08 Å². The van der Waals surface area contributed by atoms with Crippen LogP contribution in [0, 0.1) is 0 Å². The van der Waals surface area contributed by atoms with Gasteiger partial charge in [0.05, 0.1) is 27.2 Å². The summed E-state index contributed by atoms with van der Waals surface area (Å²) < 4.78 is 1.09. The van der Waals surface area contributed by atoms with Crippen LogP contribution < -0.4 is 0 Å². The maximum Gasteiger partial charge on any atom is 0.0966 e. The zero-order valence-corrected chi connectivity index (χ0v) is 11.1. The smallest absolute Gasteiger partial charge is 0.0966 e. The Morgan fingerprint density at radius 3 is 2.15 bits per heavy atom. The molecule has 0 unspecified atom stereocenters. The first-order valence-corrected chi connectivity index (χ1v) is 8.90. The van der Waals surface area contributed by atoms with Crippen LogP contribution in [-0.2, 0) is 0 Å². The van der Waals surface area contributed by atoms with Gasteiger partial charge in [-0.2, -0.15) is 0 Å². The van der Waals surface area contributed by atoms with Gasteiger partial charge in [-0.1, -0.05) is 32.3 Å². The molecule has 0 N–H and O–H groups in total. The van der Waals surface area contributed by atoms with Crippen LogP contribution in [-0.4, -0.2) is 39.7 Å². The molecule has 0 saturated carbocycles. The molecular weight excluding hydrogens is 174 g/mol. The molecule has 0 aliphatic carbocycles. The lowest BCUT2D eigenvalue weighted by Crippen LogP contribution is -2.41. The van der Waals surface area contributed by atoms with Crippen molar-refractivity contribution in [2.75, 3.05) is 27.2 Å². The maximum absolute atomic E-state index is 3.80. The van der Waals surface area contributed by atoms with Crippen molar-refractivity contribution in [3.63, 3.8) is 0 Å².